The number of nitrogens with zero attached hydrogens (tertiary/aromatic N) is 1. The summed E-state index contributed by atoms with van der Waals surface area (Å²) in [7, 11) is 1.29. The summed E-state index contributed by atoms with van der Waals surface area (Å²) >= 11 is 1.96. The number of hydrogen-bond donors (Lipinski definition) is 19. The van der Waals surface area contributed by atoms with Crippen molar-refractivity contribution in [1.29, 1.82) is 10.7 Å². The summed E-state index contributed by atoms with van der Waals surface area (Å²) < 4.78 is 62.7. The molecule has 462 valence electrons. The molecular weight excluding hydrogens is 1120 g/mol. The Kier molecular flexibility index (Phi) is 26.6. The minimum Gasteiger partial charge on any atom is -0.484 e. The fraction of sp³-hybridized carbons (Fsp3) is 0.911. The number of aliphatic hydroxyl groups excluding tert-OH is 16. The zero-order valence-electron chi connectivity index (χ0n) is 43.8. The highest BCUT2D eigenvalue weighted by Gasteiger charge is 2.57. The van der Waals surface area contributed by atoms with Crippen molar-refractivity contribution < 1.29 is 143 Å². The van der Waals surface area contributed by atoms with Gasteiger partial charge in [0.25, 0.3) is 0 Å². The number of hydrogen-bond acceptors (Lipinski definition) is 33. The standard InChI is InChI=1S/C23H40N2O15S.C22H36N2O14S/c1-7-13(29)15(31)17(33)21(36-7)39-19-10(5-27)38-23(41-6-11(24)35-3)12(25-8(2)28)20(19)40-22-18(34)16(32)14(30)9(4-26)37-22;1-7-12(28)14(30)16(32)20(34-7)37-18-10(6-26)36-22(39-4-3-23)11(24-8(2)27)19(18)38-21-17(33)15(31)13(29)9(5-25)35-21/h7,9-10,12-24,26-27,29-34H,4-6H2,1-3H3,(H,25,28);7,9-22,25-26,28-33H,4-6H2,1-2H3,(H,24,27)/t7?,9-,10-,12?,13+,14-,15?,16?,17-,18?,19+,20?,21-,22-,23-;7?,9-,10-,11?,12+,13-,14?,15?,16-,17?,18+,19?,20-,21-,22-/m00/s1. The molecule has 0 aromatic heterocycles. The van der Waals surface area contributed by atoms with Gasteiger partial charge in [-0.2, -0.15) is 5.26 Å². The van der Waals surface area contributed by atoms with Gasteiger partial charge in [-0.1, -0.05) is 0 Å². The molecular formula is C45H76N4O29S2. The van der Waals surface area contributed by atoms with Crippen molar-refractivity contribution in [2.45, 2.75) is 210 Å². The molecule has 12 unspecified atom stereocenters. The molecule has 6 rings (SSSR count). The molecule has 33 nitrogen and oxygen atoms in total. The van der Waals surface area contributed by atoms with Crippen LogP contribution < -0.4 is 10.6 Å². The van der Waals surface area contributed by atoms with Crippen LogP contribution in [0, 0.1) is 16.7 Å². The largest absolute Gasteiger partial charge is 0.484 e. The Morgan fingerprint density at radius 3 is 1.14 bits per heavy atom. The summed E-state index contributed by atoms with van der Waals surface area (Å²) in [6, 6.07) is -0.377. The quantitative estimate of drug-likeness (QED) is 0.0422. The predicted molar refractivity (Wildman–Crippen MR) is 264 cm³/mol. The summed E-state index contributed by atoms with van der Waals surface area (Å²) in [6.07, 6.45) is -39.7. The lowest BCUT2D eigenvalue weighted by atomic mass is 9.95. The highest BCUT2D eigenvalue weighted by Crippen LogP contribution is 2.39. The lowest BCUT2D eigenvalue weighted by Crippen LogP contribution is -2.69. The van der Waals surface area contributed by atoms with Crippen LogP contribution in [0.4, 0.5) is 0 Å². The highest BCUT2D eigenvalue weighted by molar-refractivity contribution is 8.00. The number of aliphatic hydroxyl groups is 16. The fourth-order valence-corrected chi connectivity index (χ4v) is 11.4. The van der Waals surface area contributed by atoms with Crippen LogP contribution in [0.2, 0.25) is 0 Å². The van der Waals surface area contributed by atoms with Crippen LogP contribution in [0.5, 0.6) is 0 Å². The summed E-state index contributed by atoms with van der Waals surface area (Å²) in [5.74, 6) is -1.37. The molecule has 0 spiro atoms. The Bertz CT molecular complexity index is 1990. The van der Waals surface area contributed by atoms with E-state index in [1.54, 1.807) is 0 Å². The SMILES string of the molecule is CC(=O)NC1C(O[C@@H]2O[C@@H](CO)[C@H](O)C(O)C2O)[C@H](O[C@@H]2OC(C)[C@@H](O)C(O)[C@@H]2O)[C@H](CO)O[C@H]1SCC#N.COC(=N)CS[C@@H]1O[C@@H](CO)[C@@H](O[C@@H]2OC(C)[C@@H](O)C(O)[C@@H]2O)C(O[C@@H]2O[C@@H](CO)[C@H](O)C(O)C2O)C1NC(C)=O. The molecule has 30 atom stereocenters. The Labute approximate surface area is 465 Å². The maximum atomic E-state index is 12.3. The van der Waals surface area contributed by atoms with Gasteiger partial charge in [0.1, 0.15) is 133 Å². The summed E-state index contributed by atoms with van der Waals surface area (Å²) in [6.45, 7) is 2.36. The predicted octanol–water partition coefficient (Wildman–Crippen LogP) is -10.2. The molecule has 19 N–H and O–H groups in total. The molecule has 0 radical (unpaired) electrons. The average Bonchev–Trinajstić information content (AvgIpc) is 3.59. The van der Waals surface area contributed by atoms with E-state index in [0.29, 0.717) is 0 Å². The first kappa shape index (κ1) is 68.3. The van der Waals surface area contributed by atoms with E-state index in [0.717, 1.165) is 23.5 Å². The maximum absolute atomic E-state index is 12.3. The molecule has 2 amide bonds. The number of rotatable bonds is 19. The number of thioether (sulfide) groups is 2. The third kappa shape index (κ3) is 16.3. The van der Waals surface area contributed by atoms with Crippen molar-refractivity contribution in [3.05, 3.63) is 0 Å². The van der Waals surface area contributed by atoms with E-state index >= 15 is 0 Å². The van der Waals surface area contributed by atoms with Gasteiger partial charge < -0.3 is 144 Å². The first-order chi connectivity index (χ1) is 37.8. The number of nitriles is 1. The number of carbonyl (C=O) groups is 2. The number of ether oxygens (including phenoxy) is 11. The number of nitrogens with one attached hydrogen (secondary N) is 3. The van der Waals surface area contributed by atoms with Gasteiger partial charge in [0.15, 0.2) is 31.1 Å². The second-order valence-electron chi connectivity index (χ2n) is 19.5. The minimum atomic E-state index is -1.84. The summed E-state index contributed by atoms with van der Waals surface area (Å²) in [5, 5.41) is 185. The van der Waals surface area contributed by atoms with Crippen molar-refractivity contribution in [3.63, 3.8) is 0 Å². The Morgan fingerprint density at radius 2 is 0.812 bits per heavy atom. The molecule has 6 fully saturated rings. The third-order valence-electron chi connectivity index (χ3n) is 13.8. The Hall–Kier alpha value is -2.44. The van der Waals surface area contributed by atoms with E-state index in [1.807, 2.05) is 6.07 Å². The number of methoxy groups -OCH3 is 1. The lowest BCUT2D eigenvalue weighted by molar-refractivity contribution is -0.357. The smallest absolute Gasteiger partial charge is 0.217 e. The van der Waals surface area contributed by atoms with Crippen molar-refractivity contribution in [2.24, 2.45) is 0 Å². The molecule has 0 saturated carbocycles. The number of carbonyl (C=O) groups excluding carboxylic acids is 2. The molecule has 6 aliphatic heterocycles. The van der Waals surface area contributed by atoms with E-state index in [4.69, 9.17) is 62.8 Å². The van der Waals surface area contributed by atoms with E-state index in [-0.39, 0.29) is 17.4 Å². The van der Waals surface area contributed by atoms with E-state index < -0.39 is 221 Å². The fourth-order valence-electron chi connectivity index (χ4n) is 9.38. The van der Waals surface area contributed by atoms with Crippen LogP contribution in [0.3, 0.4) is 0 Å². The van der Waals surface area contributed by atoms with Gasteiger partial charge in [-0.25, -0.2) is 0 Å². The third-order valence-corrected chi connectivity index (χ3v) is 16.0. The zero-order valence-corrected chi connectivity index (χ0v) is 45.4. The first-order valence-corrected chi connectivity index (χ1v) is 27.3. The Morgan fingerprint density at radius 1 is 0.487 bits per heavy atom. The maximum Gasteiger partial charge on any atom is 0.217 e. The van der Waals surface area contributed by atoms with Gasteiger partial charge in [0.2, 0.25) is 11.8 Å². The molecule has 0 aromatic rings. The van der Waals surface area contributed by atoms with Gasteiger partial charge in [0, 0.05) is 13.8 Å². The van der Waals surface area contributed by atoms with E-state index in [1.165, 1.54) is 34.8 Å². The van der Waals surface area contributed by atoms with Gasteiger partial charge in [-0.15, -0.1) is 23.5 Å². The van der Waals surface area contributed by atoms with Crippen LogP contribution in [-0.2, 0) is 61.7 Å². The van der Waals surface area contributed by atoms with Crippen molar-refractivity contribution in [1.82, 2.24) is 10.6 Å². The van der Waals surface area contributed by atoms with Crippen LogP contribution in [0.1, 0.15) is 27.7 Å². The molecule has 6 aliphatic rings. The highest BCUT2D eigenvalue weighted by atomic mass is 32.2. The molecule has 0 aromatic carbocycles. The van der Waals surface area contributed by atoms with Gasteiger partial charge in [-0.05, 0) is 13.8 Å². The molecule has 0 bridgehead atoms. The molecule has 80 heavy (non-hydrogen) atoms. The minimum absolute atomic E-state index is 0.0280. The molecule has 6 saturated heterocycles. The lowest BCUT2D eigenvalue weighted by Gasteiger charge is -2.50. The topological polar surface area (TPSA) is 531 Å². The van der Waals surface area contributed by atoms with Crippen LogP contribution >= 0.6 is 23.5 Å². The molecule has 35 heteroatoms. The average molecular weight is 1200 g/mol. The van der Waals surface area contributed by atoms with Crippen LogP contribution in [0.15, 0.2) is 0 Å². The number of amides is 2. The summed E-state index contributed by atoms with van der Waals surface area (Å²) in [5.41, 5.74) is -2.03. The van der Waals surface area contributed by atoms with Crippen LogP contribution in [-0.4, -0.2) is 327 Å². The normalized spacial score (nSPS) is 46.0. The van der Waals surface area contributed by atoms with Gasteiger partial charge >= 0.3 is 0 Å². The second-order valence-corrected chi connectivity index (χ2v) is 21.6. The van der Waals surface area contributed by atoms with Crippen molar-refractivity contribution >= 4 is 41.2 Å². The monoisotopic (exact) mass is 1200 g/mol. The Balaban J connectivity index is 0.000000294. The van der Waals surface area contributed by atoms with Gasteiger partial charge in [-0.3, -0.25) is 15.0 Å². The van der Waals surface area contributed by atoms with Crippen molar-refractivity contribution in [2.75, 3.05) is 45.0 Å². The first-order valence-electron chi connectivity index (χ1n) is 25.2. The van der Waals surface area contributed by atoms with E-state index in [2.05, 4.69) is 10.6 Å². The van der Waals surface area contributed by atoms with Crippen LogP contribution in [0.25, 0.3) is 0 Å². The summed E-state index contributed by atoms with van der Waals surface area (Å²) in [4.78, 5) is 24.4. The molecule has 0 aliphatic carbocycles. The molecule has 6 heterocycles. The van der Waals surface area contributed by atoms with Gasteiger partial charge in [0.05, 0.1) is 75.4 Å². The zero-order chi connectivity index (χ0) is 59.6. The van der Waals surface area contributed by atoms with Crippen molar-refractivity contribution in [3.8, 4) is 6.07 Å². The second kappa shape index (κ2) is 31.1. The van der Waals surface area contributed by atoms with E-state index in [9.17, 15) is 91.3 Å².